The highest BCUT2D eigenvalue weighted by Gasteiger charge is 2.33. The Morgan fingerprint density at radius 1 is 1.14 bits per heavy atom. The van der Waals surface area contributed by atoms with Crippen molar-refractivity contribution in [3.63, 3.8) is 0 Å². The van der Waals surface area contributed by atoms with Gasteiger partial charge in [0, 0.05) is 11.8 Å². The fraction of sp³-hybridized carbons (Fsp3) is 0.154. The zero-order chi connectivity index (χ0) is 16.3. The van der Waals surface area contributed by atoms with Gasteiger partial charge in [0.2, 0.25) is 5.91 Å². The first-order valence-corrected chi connectivity index (χ1v) is 6.04. The number of carbonyl (C=O) groups excluding carboxylic acids is 1. The van der Waals surface area contributed by atoms with Crippen molar-refractivity contribution in [2.24, 2.45) is 0 Å². The molecule has 6 nitrogen and oxygen atoms in total. The van der Waals surface area contributed by atoms with Gasteiger partial charge >= 0.3 is 11.9 Å². The van der Waals surface area contributed by atoms with E-state index in [1.807, 2.05) is 4.98 Å². The summed E-state index contributed by atoms with van der Waals surface area (Å²) in [4.78, 5) is 38.0. The molecule has 0 bridgehead atoms. The Morgan fingerprint density at radius 2 is 1.82 bits per heavy atom. The normalized spacial score (nSPS) is 11.2. The second-order valence-corrected chi connectivity index (χ2v) is 4.38. The number of rotatable bonds is 3. The second kappa shape index (κ2) is 5.88. The Hall–Kier alpha value is -2.84. The smallest absolute Gasteiger partial charge is 0.325 e. The summed E-state index contributed by atoms with van der Waals surface area (Å²) in [7, 11) is 0. The molecule has 0 aliphatic heterocycles. The van der Waals surface area contributed by atoms with Crippen LogP contribution < -0.4 is 16.6 Å². The summed E-state index contributed by atoms with van der Waals surface area (Å²) >= 11 is 0. The first-order chi connectivity index (χ1) is 10.3. The molecular formula is C13H10F3N3O3. The van der Waals surface area contributed by atoms with Gasteiger partial charge in [-0.05, 0) is 12.1 Å². The van der Waals surface area contributed by atoms with Crippen molar-refractivity contribution < 1.29 is 18.0 Å². The van der Waals surface area contributed by atoms with Crippen LogP contribution in [0.4, 0.5) is 18.9 Å². The fourth-order valence-electron chi connectivity index (χ4n) is 1.82. The summed E-state index contributed by atoms with van der Waals surface area (Å²) in [5.74, 6) is -0.794. The van der Waals surface area contributed by atoms with Crippen LogP contribution in [-0.4, -0.2) is 15.9 Å². The van der Waals surface area contributed by atoms with Gasteiger partial charge in [0.15, 0.2) is 0 Å². The number of alkyl halides is 3. The summed E-state index contributed by atoms with van der Waals surface area (Å²) in [5, 5.41) is 2.11. The first kappa shape index (κ1) is 15.5. The third-order valence-electron chi connectivity index (χ3n) is 2.67. The van der Waals surface area contributed by atoms with E-state index in [-0.39, 0.29) is 5.69 Å². The van der Waals surface area contributed by atoms with Crippen LogP contribution in [0.5, 0.6) is 0 Å². The summed E-state index contributed by atoms with van der Waals surface area (Å²) < 4.78 is 38.4. The van der Waals surface area contributed by atoms with Gasteiger partial charge in [-0.1, -0.05) is 12.1 Å². The third-order valence-corrected chi connectivity index (χ3v) is 2.67. The number of hydrogen-bond donors (Lipinski definition) is 3. The molecule has 0 unspecified atom stereocenters. The van der Waals surface area contributed by atoms with Crippen LogP contribution >= 0.6 is 0 Å². The Morgan fingerprint density at radius 3 is 2.45 bits per heavy atom. The molecule has 0 spiro atoms. The van der Waals surface area contributed by atoms with E-state index in [1.54, 1.807) is 0 Å². The topological polar surface area (TPSA) is 94.8 Å². The van der Waals surface area contributed by atoms with Crippen LogP contribution in [0.15, 0.2) is 39.9 Å². The molecule has 116 valence electrons. The highest BCUT2D eigenvalue weighted by atomic mass is 19.4. The van der Waals surface area contributed by atoms with Crippen LogP contribution in [0.1, 0.15) is 11.3 Å². The molecule has 22 heavy (non-hydrogen) atoms. The number of amides is 1. The molecular weight excluding hydrogens is 303 g/mol. The molecule has 9 heteroatoms. The Bertz CT molecular complexity index is 780. The minimum absolute atomic E-state index is 0.00394. The number of anilines is 1. The maximum Gasteiger partial charge on any atom is 0.418 e. The van der Waals surface area contributed by atoms with Gasteiger partial charge in [-0.15, -0.1) is 0 Å². The second-order valence-electron chi connectivity index (χ2n) is 4.38. The average molecular weight is 313 g/mol. The van der Waals surface area contributed by atoms with E-state index in [9.17, 15) is 27.6 Å². The van der Waals surface area contributed by atoms with Gasteiger partial charge in [0.1, 0.15) is 0 Å². The number of aromatic nitrogens is 2. The fourth-order valence-corrected chi connectivity index (χ4v) is 1.82. The molecule has 1 aromatic heterocycles. The average Bonchev–Trinajstić information content (AvgIpc) is 2.36. The van der Waals surface area contributed by atoms with Gasteiger partial charge in [0.05, 0.1) is 17.7 Å². The van der Waals surface area contributed by atoms with Gasteiger partial charge in [-0.25, -0.2) is 4.79 Å². The predicted octanol–water partition coefficient (Wildman–Crippen LogP) is 1.26. The SMILES string of the molecule is O=C(Cc1cc(=O)[nH]c(=O)[nH]1)Nc1ccccc1C(F)(F)F. The molecule has 0 saturated carbocycles. The van der Waals surface area contributed by atoms with Gasteiger partial charge in [-0.3, -0.25) is 14.6 Å². The Balaban J connectivity index is 2.20. The lowest BCUT2D eigenvalue weighted by atomic mass is 10.1. The minimum atomic E-state index is -4.61. The molecule has 0 saturated heterocycles. The number of nitrogens with one attached hydrogen (secondary N) is 3. The van der Waals surface area contributed by atoms with Crippen LogP contribution in [0.25, 0.3) is 0 Å². The van der Waals surface area contributed by atoms with Crippen molar-refractivity contribution in [1.29, 1.82) is 0 Å². The first-order valence-electron chi connectivity index (χ1n) is 6.04. The zero-order valence-corrected chi connectivity index (χ0v) is 11.0. The van der Waals surface area contributed by atoms with Crippen LogP contribution in [0.2, 0.25) is 0 Å². The van der Waals surface area contributed by atoms with Gasteiger partial charge < -0.3 is 10.3 Å². The van der Waals surface area contributed by atoms with Crippen molar-refractivity contribution in [1.82, 2.24) is 9.97 Å². The number of halogens is 3. The lowest BCUT2D eigenvalue weighted by Crippen LogP contribution is -2.26. The summed E-state index contributed by atoms with van der Waals surface area (Å²) in [6, 6.07) is 5.48. The molecule has 0 fully saturated rings. The van der Waals surface area contributed by atoms with Crippen LogP contribution in [0.3, 0.4) is 0 Å². The molecule has 2 rings (SSSR count). The zero-order valence-electron chi connectivity index (χ0n) is 11.0. The van der Waals surface area contributed by atoms with E-state index in [2.05, 4.69) is 10.3 Å². The van der Waals surface area contributed by atoms with E-state index in [0.717, 1.165) is 18.2 Å². The van der Waals surface area contributed by atoms with Crippen molar-refractivity contribution in [3.8, 4) is 0 Å². The largest absolute Gasteiger partial charge is 0.418 e. The molecule has 2 aromatic rings. The minimum Gasteiger partial charge on any atom is -0.325 e. The maximum atomic E-state index is 12.8. The quantitative estimate of drug-likeness (QED) is 0.796. The van der Waals surface area contributed by atoms with E-state index in [1.165, 1.54) is 12.1 Å². The van der Waals surface area contributed by atoms with E-state index < -0.39 is 41.0 Å². The van der Waals surface area contributed by atoms with Crippen molar-refractivity contribution >= 4 is 11.6 Å². The lowest BCUT2D eigenvalue weighted by molar-refractivity contribution is -0.137. The number of aromatic amines is 2. The van der Waals surface area contributed by atoms with Crippen molar-refractivity contribution in [2.45, 2.75) is 12.6 Å². The molecule has 1 amide bonds. The van der Waals surface area contributed by atoms with Gasteiger partial charge in [0.25, 0.3) is 5.56 Å². The Labute approximate surface area is 121 Å². The molecule has 0 aliphatic carbocycles. The molecule has 1 heterocycles. The van der Waals surface area contributed by atoms with E-state index in [0.29, 0.717) is 0 Å². The molecule has 0 atom stereocenters. The third kappa shape index (κ3) is 3.84. The van der Waals surface area contributed by atoms with E-state index >= 15 is 0 Å². The van der Waals surface area contributed by atoms with Gasteiger partial charge in [-0.2, -0.15) is 13.2 Å². The van der Waals surface area contributed by atoms with Crippen LogP contribution in [0, 0.1) is 0 Å². The predicted molar refractivity (Wildman–Crippen MR) is 71.5 cm³/mol. The number of para-hydroxylation sites is 1. The lowest BCUT2D eigenvalue weighted by Gasteiger charge is -2.13. The number of hydrogen-bond acceptors (Lipinski definition) is 3. The van der Waals surface area contributed by atoms with Crippen molar-refractivity contribution in [3.05, 3.63) is 62.4 Å². The number of carbonyl (C=O) groups is 1. The Kier molecular flexibility index (Phi) is 4.15. The highest BCUT2D eigenvalue weighted by molar-refractivity contribution is 5.92. The summed E-state index contributed by atoms with van der Waals surface area (Å²) in [5.41, 5.74) is -2.89. The van der Waals surface area contributed by atoms with E-state index in [4.69, 9.17) is 0 Å². The van der Waals surface area contributed by atoms with Crippen molar-refractivity contribution in [2.75, 3.05) is 5.32 Å². The number of benzene rings is 1. The molecule has 3 N–H and O–H groups in total. The monoisotopic (exact) mass is 313 g/mol. The molecule has 0 radical (unpaired) electrons. The molecule has 1 aromatic carbocycles. The maximum absolute atomic E-state index is 12.8. The number of H-pyrrole nitrogens is 2. The molecule has 0 aliphatic rings. The summed E-state index contributed by atoms with van der Waals surface area (Å²) in [6.45, 7) is 0. The van der Waals surface area contributed by atoms with Crippen LogP contribution in [-0.2, 0) is 17.4 Å². The summed E-state index contributed by atoms with van der Waals surface area (Å²) in [6.07, 6.45) is -5.05. The standard InChI is InChI=1S/C13H10F3N3O3/c14-13(15,16)8-3-1-2-4-9(8)18-10(20)5-7-6-11(21)19-12(22)17-7/h1-4,6H,5H2,(H,18,20)(H2,17,19,21,22). The highest BCUT2D eigenvalue weighted by Crippen LogP contribution is 2.34.